The van der Waals surface area contributed by atoms with Gasteiger partial charge in [-0.25, -0.2) is 0 Å². The summed E-state index contributed by atoms with van der Waals surface area (Å²) < 4.78 is 0. The van der Waals surface area contributed by atoms with E-state index in [1.165, 1.54) is 27.8 Å². The lowest BCUT2D eigenvalue weighted by Crippen LogP contribution is -2.22. The molecule has 2 aromatic carbocycles. The maximum absolute atomic E-state index is 2.48. The molecule has 0 heteroatoms. The molecule has 0 heterocycles. The highest BCUT2D eigenvalue weighted by atomic mass is 14.3. The van der Waals surface area contributed by atoms with Gasteiger partial charge in [0.1, 0.15) is 0 Å². The van der Waals surface area contributed by atoms with Crippen LogP contribution in [0.25, 0.3) is 0 Å². The minimum atomic E-state index is 0.143. The fourth-order valence-corrected chi connectivity index (χ4v) is 3.94. The molecule has 148 valence electrons. The lowest BCUT2D eigenvalue weighted by atomic mass is 9.73. The Kier molecular flexibility index (Phi) is 6.00. The molecular weight excluding hydrogens is 324 g/mol. The van der Waals surface area contributed by atoms with E-state index in [0.29, 0.717) is 5.92 Å². The Hall–Kier alpha value is -1.56. The predicted octanol–water partition coefficient (Wildman–Crippen LogP) is 8.12. The van der Waals surface area contributed by atoms with Gasteiger partial charge in [0.2, 0.25) is 0 Å². The molecule has 1 atom stereocenters. The van der Waals surface area contributed by atoms with Crippen molar-refractivity contribution in [3.63, 3.8) is 0 Å². The fraction of sp³-hybridized carbons (Fsp3) is 0.556. The van der Waals surface area contributed by atoms with Crippen molar-refractivity contribution in [1.82, 2.24) is 0 Å². The zero-order valence-electron chi connectivity index (χ0n) is 19.3. The van der Waals surface area contributed by atoms with Gasteiger partial charge in [0.25, 0.3) is 0 Å². The van der Waals surface area contributed by atoms with Gasteiger partial charge < -0.3 is 0 Å². The molecule has 0 N–H and O–H groups in total. The fourth-order valence-electron chi connectivity index (χ4n) is 3.94. The van der Waals surface area contributed by atoms with Crippen LogP contribution in [0.2, 0.25) is 0 Å². The van der Waals surface area contributed by atoms with Gasteiger partial charge in [-0.1, -0.05) is 112 Å². The Morgan fingerprint density at radius 3 is 1.67 bits per heavy atom. The van der Waals surface area contributed by atoms with E-state index in [-0.39, 0.29) is 16.2 Å². The number of hydrogen-bond donors (Lipinski definition) is 0. The van der Waals surface area contributed by atoms with Gasteiger partial charge >= 0.3 is 0 Å². The third kappa shape index (κ3) is 5.03. The molecule has 27 heavy (non-hydrogen) atoms. The molecule has 0 aliphatic heterocycles. The molecule has 0 nitrogen and oxygen atoms in total. The average Bonchev–Trinajstić information content (AvgIpc) is 2.53. The number of rotatable bonds is 3. The number of benzene rings is 2. The summed E-state index contributed by atoms with van der Waals surface area (Å²) in [6, 6.07) is 16.4. The van der Waals surface area contributed by atoms with Crippen molar-refractivity contribution < 1.29 is 0 Å². The lowest BCUT2D eigenvalue weighted by molar-refractivity contribution is 0.528. The van der Waals surface area contributed by atoms with Crippen LogP contribution in [-0.4, -0.2) is 0 Å². The summed E-state index contributed by atoms with van der Waals surface area (Å²) in [4.78, 5) is 0. The first-order chi connectivity index (χ1) is 12.2. The zero-order valence-corrected chi connectivity index (χ0v) is 19.3. The summed E-state index contributed by atoms with van der Waals surface area (Å²) in [7, 11) is 0. The first-order valence-electron chi connectivity index (χ1n) is 10.5. The maximum atomic E-state index is 2.48. The normalized spacial score (nSPS) is 14.3. The maximum Gasteiger partial charge on any atom is 0.00869 e. The van der Waals surface area contributed by atoms with E-state index in [2.05, 4.69) is 112 Å². The highest BCUT2D eigenvalue weighted by molar-refractivity contribution is 5.45. The van der Waals surface area contributed by atoms with E-state index in [4.69, 9.17) is 0 Å². The molecule has 0 spiro atoms. The van der Waals surface area contributed by atoms with Crippen molar-refractivity contribution in [1.29, 1.82) is 0 Å². The van der Waals surface area contributed by atoms with Crippen LogP contribution < -0.4 is 0 Å². The monoisotopic (exact) mass is 364 g/mol. The standard InChI is InChI=1S/C27H40/c1-11-22(19-13-12-14-21(17-19)25(2,3)4)20-15-16-23(26(5,6)7)24(18-20)27(8,9)10/h12-18,22H,11H2,1-10H3. The van der Waals surface area contributed by atoms with Gasteiger partial charge in [-0.05, 0) is 50.5 Å². The molecule has 0 aromatic heterocycles. The molecular formula is C27H40. The van der Waals surface area contributed by atoms with Crippen molar-refractivity contribution >= 4 is 0 Å². The molecule has 0 saturated carbocycles. The molecule has 2 aromatic rings. The van der Waals surface area contributed by atoms with Crippen LogP contribution in [0, 0.1) is 0 Å². The quantitative estimate of drug-likeness (QED) is 0.516. The highest BCUT2D eigenvalue weighted by Crippen LogP contribution is 2.38. The van der Waals surface area contributed by atoms with Crippen molar-refractivity contribution in [3.05, 3.63) is 70.3 Å². The van der Waals surface area contributed by atoms with Crippen LogP contribution in [0.15, 0.2) is 42.5 Å². The smallest absolute Gasteiger partial charge is 0.00869 e. The highest BCUT2D eigenvalue weighted by Gasteiger charge is 2.26. The Balaban J connectivity index is 2.59. The number of hydrogen-bond acceptors (Lipinski definition) is 0. The summed E-state index contributed by atoms with van der Waals surface area (Å²) >= 11 is 0. The third-order valence-electron chi connectivity index (χ3n) is 5.63. The molecule has 0 fully saturated rings. The minimum absolute atomic E-state index is 0.143. The summed E-state index contributed by atoms with van der Waals surface area (Å²) in [6.45, 7) is 23.2. The van der Waals surface area contributed by atoms with E-state index in [0.717, 1.165) is 6.42 Å². The minimum Gasteiger partial charge on any atom is -0.0645 e. The Morgan fingerprint density at radius 2 is 1.19 bits per heavy atom. The zero-order chi connectivity index (χ0) is 20.6. The van der Waals surface area contributed by atoms with Crippen molar-refractivity contribution in [3.8, 4) is 0 Å². The first kappa shape index (κ1) is 21.7. The molecule has 0 bridgehead atoms. The van der Waals surface area contributed by atoms with E-state index in [9.17, 15) is 0 Å². The van der Waals surface area contributed by atoms with Crippen molar-refractivity contribution in [2.24, 2.45) is 0 Å². The summed E-state index contributed by atoms with van der Waals surface area (Å²) in [5, 5.41) is 0. The second-order valence-corrected chi connectivity index (χ2v) is 11.1. The van der Waals surface area contributed by atoms with Crippen LogP contribution in [0.4, 0.5) is 0 Å². The largest absolute Gasteiger partial charge is 0.0645 e. The molecule has 2 rings (SSSR count). The molecule has 0 aliphatic carbocycles. The van der Waals surface area contributed by atoms with Crippen molar-refractivity contribution in [2.45, 2.75) is 97.8 Å². The van der Waals surface area contributed by atoms with Crippen LogP contribution in [-0.2, 0) is 16.2 Å². The summed E-state index contributed by atoms with van der Waals surface area (Å²) in [5.41, 5.74) is 7.74. The van der Waals surface area contributed by atoms with Crippen molar-refractivity contribution in [2.75, 3.05) is 0 Å². The van der Waals surface area contributed by atoms with Crippen LogP contribution >= 0.6 is 0 Å². The molecule has 0 amide bonds. The second kappa shape index (κ2) is 7.46. The summed E-state index contributed by atoms with van der Waals surface area (Å²) in [5.74, 6) is 0.447. The topological polar surface area (TPSA) is 0 Å². The molecule has 1 unspecified atom stereocenters. The summed E-state index contributed by atoms with van der Waals surface area (Å²) in [6.07, 6.45) is 1.12. The van der Waals surface area contributed by atoms with Gasteiger partial charge in [0.05, 0.1) is 0 Å². The van der Waals surface area contributed by atoms with Crippen LogP contribution in [0.3, 0.4) is 0 Å². The third-order valence-corrected chi connectivity index (χ3v) is 5.63. The Labute approximate surface area is 168 Å². The first-order valence-corrected chi connectivity index (χ1v) is 10.5. The van der Waals surface area contributed by atoms with E-state index >= 15 is 0 Å². The Bertz CT molecular complexity index is 773. The predicted molar refractivity (Wildman–Crippen MR) is 121 cm³/mol. The van der Waals surface area contributed by atoms with Crippen LogP contribution in [0.5, 0.6) is 0 Å². The second-order valence-electron chi connectivity index (χ2n) is 11.1. The average molecular weight is 365 g/mol. The van der Waals surface area contributed by atoms with Gasteiger partial charge in [-0.3, -0.25) is 0 Å². The molecule has 0 saturated heterocycles. The van der Waals surface area contributed by atoms with Gasteiger partial charge in [0, 0.05) is 5.92 Å². The van der Waals surface area contributed by atoms with E-state index < -0.39 is 0 Å². The van der Waals surface area contributed by atoms with Gasteiger partial charge in [0.15, 0.2) is 0 Å². The molecule has 0 radical (unpaired) electrons. The Morgan fingerprint density at radius 1 is 0.630 bits per heavy atom. The SMILES string of the molecule is CCC(c1cccc(C(C)(C)C)c1)c1ccc(C(C)(C)C)c(C(C)(C)C)c1. The van der Waals surface area contributed by atoms with E-state index in [1.54, 1.807) is 0 Å². The molecule has 0 aliphatic rings. The van der Waals surface area contributed by atoms with Crippen LogP contribution in [0.1, 0.15) is 109 Å². The lowest BCUT2D eigenvalue weighted by Gasteiger charge is -2.32. The van der Waals surface area contributed by atoms with E-state index in [1.807, 2.05) is 0 Å². The van der Waals surface area contributed by atoms with Gasteiger partial charge in [-0.15, -0.1) is 0 Å². The van der Waals surface area contributed by atoms with Gasteiger partial charge in [-0.2, -0.15) is 0 Å².